The molecule has 0 bridgehead atoms. The fourth-order valence-electron chi connectivity index (χ4n) is 3.42. The summed E-state index contributed by atoms with van der Waals surface area (Å²) in [6.07, 6.45) is 4.10. The van der Waals surface area contributed by atoms with Crippen molar-refractivity contribution in [2.45, 2.75) is 52.6 Å². The lowest BCUT2D eigenvalue weighted by Gasteiger charge is -2.24. The number of anilines is 1. The van der Waals surface area contributed by atoms with Crippen LogP contribution in [0.15, 0.2) is 24.3 Å². The van der Waals surface area contributed by atoms with E-state index < -0.39 is 0 Å². The monoisotopic (exact) mass is 360 g/mol. The third-order valence-electron chi connectivity index (χ3n) is 5.45. The number of benzene rings is 1. The summed E-state index contributed by atoms with van der Waals surface area (Å²) in [7, 11) is 1.74. The molecule has 0 spiro atoms. The molecule has 1 aromatic rings. The smallest absolute Gasteiger partial charge is 0.251 e. The van der Waals surface area contributed by atoms with E-state index in [9.17, 15) is 9.59 Å². The number of amides is 2. The van der Waals surface area contributed by atoms with Gasteiger partial charge in [-0.3, -0.25) is 9.59 Å². The van der Waals surface area contributed by atoms with Crippen molar-refractivity contribution >= 4 is 17.5 Å². The summed E-state index contributed by atoms with van der Waals surface area (Å²) in [6, 6.07) is 7.05. The summed E-state index contributed by atoms with van der Waals surface area (Å²) >= 11 is 0. The normalized spacial score (nSPS) is 19.9. The zero-order chi connectivity index (χ0) is 19.1. The SMILES string of the molecule is CCC(CC)[C@H](CCNC(=O)c1ccc(NC(=O)[C@@H]2C[C@@H]2C)cc1)OC. The van der Waals surface area contributed by atoms with Crippen LogP contribution in [0.2, 0.25) is 0 Å². The third kappa shape index (κ3) is 5.56. The first-order chi connectivity index (χ1) is 12.5. The molecule has 3 atom stereocenters. The van der Waals surface area contributed by atoms with Crippen molar-refractivity contribution in [2.24, 2.45) is 17.8 Å². The number of hydrogen-bond acceptors (Lipinski definition) is 3. The maximum Gasteiger partial charge on any atom is 0.251 e. The van der Waals surface area contributed by atoms with E-state index in [0.29, 0.717) is 23.9 Å². The van der Waals surface area contributed by atoms with Gasteiger partial charge in [-0.25, -0.2) is 0 Å². The van der Waals surface area contributed by atoms with Gasteiger partial charge in [0.15, 0.2) is 0 Å². The second kappa shape index (κ2) is 9.72. The van der Waals surface area contributed by atoms with E-state index in [1.54, 1.807) is 31.4 Å². The molecule has 0 radical (unpaired) electrons. The van der Waals surface area contributed by atoms with Gasteiger partial charge < -0.3 is 15.4 Å². The molecular formula is C21H32N2O3. The van der Waals surface area contributed by atoms with Crippen molar-refractivity contribution in [3.8, 4) is 0 Å². The van der Waals surface area contributed by atoms with E-state index in [1.807, 2.05) is 0 Å². The molecular weight excluding hydrogens is 328 g/mol. The Morgan fingerprint density at radius 3 is 2.31 bits per heavy atom. The summed E-state index contributed by atoms with van der Waals surface area (Å²) in [5.74, 6) is 1.12. The van der Waals surface area contributed by atoms with Crippen LogP contribution in [0.25, 0.3) is 0 Å². The van der Waals surface area contributed by atoms with E-state index >= 15 is 0 Å². The van der Waals surface area contributed by atoms with Gasteiger partial charge in [0, 0.05) is 30.8 Å². The summed E-state index contributed by atoms with van der Waals surface area (Å²) in [4.78, 5) is 24.2. The zero-order valence-corrected chi connectivity index (χ0v) is 16.4. The fraction of sp³-hybridized carbons (Fsp3) is 0.619. The van der Waals surface area contributed by atoms with Gasteiger partial charge >= 0.3 is 0 Å². The van der Waals surface area contributed by atoms with Crippen LogP contribution in [-0.4, -0.2) is 31.6 Å². The van der Waals surface area contributed by atoms with Gasteiger partial charge in [-0.15, -0.1) is 0 Å². The quantitative estimate of drug-likeness (QED) is 0.666. The van der Waals surface area contributed by atoms with Gasteiger partial charge in [0.2, 0.25) is 5.91 Å². The van der Waals surface area contributed by atoms with Crippen molar-refractivity contribution in [3.05, 3.63) is 29.8 Å². The molecule has 2 rings (SSSR count). The van der Waals surface area contributed by atoms with Crippen molar-refractivity contribution in [2.75, 3.05) is 19.0 Å². The molecule has 5 heteroatoms. The Hall–Kier alpha value is -1.88. The molecule has 1 fully saturated rings. The van der Waals surface area contributed by atoms with Crippen LogP contribution in [-0.2, 0) is 9.53 Å². The Labute approximate surface area is 156 Å². The van der Waals surface area contributed by atoms with Crippen LogP contribution in [0.1, 0.15) is 56.8 Å². The molecule has 1 aliphatic rings. The molecule has 2 amide bonds. The number of hydrogen-bond donors (Lipinski definition) is 2. The van der Waals surface area contributed by atoms with Gasteiger partial charge in [-0.2, -0.15) is 0 Å². The molecule has 0 saturated heterocycles. The van der Waals surface area contributed by atoms with Gasteiger partial charge in [-0.1, -0.05) is 33.6 Å². The van der Waals surface area contributed by atoms with Crippen LogP contribution in [0.4, 0.5) is 5.69 Å². The summed E-state index contributed by atoms with van der Waals surface area (Å²) in [5, 5.41) is 5.86. The van der Waals surface area contributed by atoms with Gasteiger partial charge in [0.25, 0.3) is 5.91 Å². The number of nitrogens with one attached hydrogen (secondary N) is 2. The van der Waals surface area contributed by atoms with Crippen LogP contribution < -0.4 is 10.6 Å². The number of ether oxygens (including phenoxy) is 1. The molecule has 2 N–H and O–H groups in total. The average molecular weight is 360 g/mol. The van der Waals surface area contributed by atoms with Crippen molar-refractivity contribution in [1.29, 1.82) is 0 Å². The molecule has 0 aromatic heterocycles. The standard InChI is InChI=1S/C21H32N2O3/c1-5-15(6-2)19(26-4)11-12-22-20(24)16-7-9-17(10-8-16)23-21(25)18-13-14(18)3/h7-10,14-15,18-19H,5-6,11-13H2,1-4H3,(H,22,24)(H,23,25)/t14-,18+,19-/m0/s1. The number of carbonyl (C=O) groups is 2. The second-order valence-corrected chi connectivity index (χ2v) is 7.28. The lowest BCUT2D eigenvalue weighted by atomic mass is 9.94. The lowest BCUT2D eigenvalue weighted by Crippen LogP contribution is -2.30. The van der Waals surface area contributed by atoms with Crippen molar-refractivity contribution < 1.29 is 14.3 Å². The minimum Gasteiger partial charge on any atom is -0.381 e. The lowest BCUT2D eigenvalue weighted by molar-refractivity contribution is -0.117. The van der Waals surface area contributed by atoms with Crippen LogP contribution in [0.3, 0.4) is 0 Å². The Morgan fingerprint density at radius 1 is 1.19 bits per heavy atom. The van der Waals surface area contributed by atoms with Crippen LogP contribution in [0, 0.1) is 17.8 Å². The highest BCUT2D eigenvalue weighted by Crippen LogP contribution is 2.38. The Bertz CT molecular complexity index is 596. The minimum absolute atomic E-state index is 0.0710. The third-order valence-corrected chi connectivity index (χ3v) is 5.45. The first-order valence-corrected chi connectivity index (χ1v) is 9.72. The molecule has 0 aliphatic heterocycles. The molecule has 0 heterocycles. The number of carbonyl (C=O) groups excluding carboxylic acids is 2. The Balaban J connectivity index is 1.79. The van der Waals surface area contributed by atoms with Crippen LogP contribution in [0.5, 0.6) is 0 Å². The summed E-state index contributed by atoms with van der Waals surface area (Å²) < 4.78 is 5.57. The van der Waals surface area contributed by atoms with E-state index in [4.69, 9.17) is 4.74 Å². The Kier molecular flexibility index (Phi) is 7.64. The molecule has 1 saturated carbocycles. The molecule has 26 heavy (non-hydrogen) atoms. The highest BCUT2D eigenvalue weighted by atomic mass is 16.5. The Morgan fingerprint density at radius 2 is 1.81 bits per heavy atom. The maximum absolute atomic E-state index is 12.3. The van der Waals surface area contributed by atoms with Gasteiger partial charge in [0.05, 0.1) is 6.10 Å². The largest absolute Gasteiger partial charge is 0.381 e. The summed E-state index contributed by atoms with van der Waals surface area (Å²) in [6.45, 7) is 7.01. The van der Waals surface area contributed by atoms with Crippen molar-refractivity contribution in [3.63, 3.8) is 0 Å². The van der Waals surface area contributed by atoms with E-state index in [-0.39, 0.29) is 23.8 Å². The van der Waals surface area contributed by atoms with E-state index in [2.05, 4.69) is 31.4 Å². The highest BCUT2D eigenvalue weighted by molar-refractivity contribution is 5.96. The van der Waals surface area contributed by atoms with E-state index in [0.717, 1.165) is 31.4 Å². The fourth-order valence-corrected chi connectivity index (χ4v) is 3.42. The number of methoxy groups -OCH3 is 1. The van der Waals surface area contributed by atoms with Crippen LogP contribution >= 0.6 is 0 Å². The first kappa shape index (κ1) is 20.4. The molecule has 0 unspecified atom stereocenters. The minimum atomic E-state index is -0.0990. The predicted octanol–water partition coefficient (Wildman–Crippen LogP) is 3.85. The molecule has 1 aliphatic carbocycles. The molecule has 144 valence electrons. The molecule has 1 aromatic carbocycles. The van der Waals surface area contributed by atoms with Gasteiger partial charge in [0.1, 0.15) is 0 Å². The highest BCUT2D eigenvalue weighted by Gasteiger charge is 2.39. The van der Waals surface area contributed by atoms with Gasteiger partial charge in [-0.05, 0) is 48.9 Å². The zero-order valence-electron chi connectivity index (χ0n) is 16.4. The predicted molar refractivity (Wildman–Crippen MR) is 104 cm³/mol. The van der Waals surface area contributed by atoms with Crippen molar-refractivity contribution in [1.82, 2.24) is 5.32 Å². The maximum atomic E-state index is 12.3. The average Bonchev–Trinajstić information content (AvgIpc) is 3.38. The molecule has 5 nitrogen and oxygen atoms in total. The first-order valence-electron chi connectivity index (χ1n) is 9.72. The summed E-state index contributed by atoms with van der Waals surface area (Å²) in [5.41, 5.74) is 1.33. The van der Waals surface area contributed by atoms with E-state index in [1.165, 1.54) is 0 Å². The topological polar surface area (TPSA) is 67.4 Å². The second-order valence-electron chi connectivity index (χ2n) is 7.28. The number of rotatable bonds is 10.